The molecule has 1 amide bonds. The molecular formula is C23H34ClNO. The smallest absolute Gasteiger partial charge is 0.220 e. The fraction of sp³-hybridized carbons (Fsp3) is 0.957. The van der Waals surface area contributed by atoms with Gasteiger partial charge in [0.1, 0.15) is 0 Å². The van der Waals surface area contributed by atoms with Crippen LogP contribution in [-0.4, -0.2) is 17.3 Å². The van der Waals surface area contributed by atoms with Crippen LogP contribution in [0, 0.1) is 40.4 Å². The third-order valence-corrected chi connectivity index (χ3v) is 9.91. The number of carbonyl (C=O) groups excluding carboxylic acids is 1. The highest BCUT2D eigenvalue weighted by molar-refractivity contribution is 6.24. The van der Waals surface area contributed by atoms with Crippen molar-refractivity contribution in [1.82, 2.24) is 5.32 Å². The van der Waals surface area contributed by atoms with E-state index in [4.69, 9.17) is 11.6 Å². The minimum atomic E-state index is 0.0642. The van der Waals surface area contributed by atoms with Crippen molar-refractivity contribution in [3.8, 4) is 0 Å². The molecule has 3 heteroatoms. The van der Waals surface area contributed by atoms with E-state index in [1.54, 1.807) is 0 Å². The van der Waals surface area contributed by atoms with E-state index in [2.05, 4.69) is 5.32 Å². The van der Waals surface area contributed by atoms with Crippen molar-refractivity contribution in [2.45, 2.75) is 88.3 Å². The number of nitrogens with one attached hydrogen (secondary N) is 1. The van der Waals surface area contributed by atoms with Gasteiger partial charge in [-0.2, -0.15) is 0 Å². The van der Waals surface area contributed by atoms with E-state index in [-0.39, 0.29) is 4.87 Å². The van der Waals surface area contributed by atoms with E-state index in [9.17, 15) is 4.79 Å². The van der Waals surface area contributed by atoms with E-state index in [1.165, 1.54) is 70.6 Å². The molecule has 2 unspecified atom stereocenters. The number of carbonyl (C=O) groups is 1. The van der Waals surface area contributed by atoms with Crippen molar-refractivity contribution in [3.63, 3.8) is 0 Å². The van der Waals surface area contributed by atoms with E-state index in [0.29, 0.717) is 16.7 Å². The average Bonchev–Trinajstić information content (AvgIpc) is 2.49. The SMILES string of the molecule is O=C(CC12CC3CC(CC(C3)C1)C2)NCC12CC3CC(CC(Cl)(C3)C1)C2. The van der Waals surface area contributed by atoms with Gasteiger partial charge in [0.15, 0.2) is 0 Å². The molecule has 8 aliphatic rings. The fourth-order valence-corrected chi connectivity index (χ4v) is 10.5. The van der Waals surface area contributed by atoms with Gasteiger partial charge >= 0.3 is 0 Å². The predicted molar refractivity (Wildman–Crippen MR) is 104 cm³/mol. The molecule has 0 spiro atoms. The largest absolute Gasteiger partial charge is 0.356 e. The zero-order valence-corrected chi connectivity index (χ0v) is 16.8. The van der Waals surface area contributed by atoms with Crippen molar-refractivity contribution >= 4 is 17.5 Å². The van der Waals surface area contributed by atoms with Gasteiger partial charge in [0.2, 0.25) is 5.91 Å². The van der Waals surface area contributed by atoms with Crippen LogP contribution in [0.1, 0.15) is 83.5 Å². The van der Waals surface area contributed by atoms with E-state index in [1.807, 2.05) is 0 Å². The first-order valence-electron chi connectivity index (χ1n) is 11.4. The molecule has 144 valence electrons. The van der Waals surface area contributed by atoms with Gasteiger partial charge in [0.05, 0.1) is 0 Å². The van der Waals surface area contributed by atoms with Crippen LogP contribution in [0.15, 0.2) is 0 Å². The van der Waals surface area contributed by atoms with Gasteiger partial charge < -0.3 is 5.32 Å². The number of halogens is 1. The quantitative estimate of drug-likeness (QED) is 0.665. The molecule has 8 saturated carbocycles. The van der Waals surface area contributed by atoms with Gasteiger partial charge in [-0.05, 0) is 117 Å². The Bertz CT molecular complexity index is 578. The first-order valence-corrected chi connectivity index (χ1v) is 11.7. The Labute approximate surface area is 163 Å². The van der Waals surface area contributed by atoms with E-state index < -0.39 is 0 Å². The molecule has 0 saturated heterocycles. The monoisotopic (exact) mass is 375 g/mol. The highest BCUT2D eigenvalue weighted by atomic mass is 35.5. The molecule has 0 heterocycles. The van der Waals surface area contributed by atoms with Crippen molar-refractivity contribution in [2.24, 2.45) is 40.4 Å². The number of rotatable bonds is 4. The average molecular weight is 376 g/mol. The first kappa shape index (κ1) is 16.7. The van der Waals surface area contributed by atoms with Gasteiger partial charge in [-0.3, -0.25) is 4.79 Å². The summed E-state index contributed by atoms with van der Waals surface area (Å²) in [4.78, 5) is 13.0. The van der Waals surface area contributed by atoms with Crippen LogP contribution >= 0.6 is 11.6 Å². The van der Waals surface area contributed by atoms with Gasteiger partial charge in [-0.1, -0.05) is 0 Å². The van der Waals surface area contributed by atoms with Crippen LogP contribution in [0.2, 0.25) is 0 Å². The van der Waals surface area contributed by atoms with Gasteiger partial charge in [-0.15, -0.1) is 11.6 Å². The topological polar surface area (TPSA) is 29.1 Å². The summed E-state index contributed by atoms with van der Waals surface area (Å²) in [6.45, 7) is 0.902. The van der Waals surface area contributed by atoms with Crippen LogP contribution in [0.4, 0.5) is 0 Å². The zero-order valence-electron chi connectivity index (χ0n) is 16.1. The lowest BCUT2D eigenvalue weighted by Gasteiger charge is -2.60. The second-order valence-electron chi connectivity index (χ2n) is 12.0. The second kappa shape index (κ2) is 5.43. The van der Waals surface area contributed by atoms with Gasteiger partial charge in [-0.25, -0.2) is 0 Å². The molecule has 8 aliphatic carbocycles. The van der Waals surface area contributed by atoms with E-state index in [0.717, 1.165) is 49.0 Å². The number of alkyl halides is 1. The number of amides is 1. The van der Waals surface area contributed by atoms with Crippen LogP contribution in [-0.2, 0) is 4.79 Å². The summed E-state index contributed by atoms with van der Waals surface area (Å²) in [5.41, 5.74) is 0.691. The van der Waals surface area contributed by atoms with Crippen LogP contribution in [0.3, 0.4) is 0 Å². The molecule has 8 rings (SSSR count). The molecule has 2 atom stereocenters. The molecular weight excluding hydrogens is 342 g/mol. The third-order valence-electron chi connectivity index (χ3n) is 9.47. The molecule has 8 bridgehead atoms. The van der Waals surface area contributed by atoms with Crippen molar-refractivity contribution in [1.29, 1.82) is 0 Å². The van der Waals surface area contributed by atoms with Crippen molar-refractivity contribution in [3.05, 3.63) is 0 Å². The lowest BCUT2D eigenvalue weighted by atomic mass is 9.48. The Morgan fingerprint density at radius 3 is 1.81 bits per heavy atom. The Kier molecular flexibility index (Phi) is 3.48. The summed E-state index contributed by atoms with van der Waals surface area (Å²) in [5.74, 6) is 4.82. The van der Waals surface area contributed by atoms with Crippen molar-refractivity contribution < 1.29 is 4.79 Å². The van der Waals surface area contributed by atoms with Crippen LogP contribution in [0.25, 0.3) is 0 Å². The number of hydrogen-bond donors (Lipinski definition) is 1. The summed E-state index contributed by atoms with van der Waals surface area (Å²) in [7, 11) is 0. The summed E-state index contributed by atoms with van der Waals surface area (Å²) >= 11 is 6.97. The second-order valence-corrected chi connectivity index (χ2v) is 12.8. The lowest BCUT2D eigenvalue weighted by molar-refractivity contribution is -0.131. The molecule has 0 aromatic carbocycles. The molecule has 26 heavy (non-hydrogen) atoms. The van der Waals surface area contributed by atoms with Crippen LogP contribution in [0.5, 0.6) is 0 Å². The molecule has 0 aromatic rings. The standard InChI is InChI=1S/C23H34ClNO/c24-23-10-18-4-19(11-23)9-22(8-18,13-23)14-25-20(26)12-21-5-15-1-16(6-21)3-17(2-15)7-21/h15-19H,1-14H2,(H,25,26). The summed E-state index contributed by atoms with van der Waals surface area (Å²) in [6, 6.07) is 0. The van der Waals surface area contributed by atoms with E-state index >= 15 is 0 Å². The maximum atomic E-state index is 13.0. The number of hydrogen-bond acceptors (Lipinski definition) is 1. The predicted octanol–water partition coefficient (Wildman–Crippen LogP) is 5.29. The summed E-state index contributed by atoms with van der Waals surface area (Å²) < 4.78 is 0. The first-order chi connectivity index (χ1) is 12.4. The Hall–Kier alpha value is -0.240. The molecule has 0 aromatic heterocycles. The molecule has 1 N–H and O–H groups in total. The molecule has 0 aliphatic heterocycles. The highest BCUT2D eigenvalue weighted by Crippen LogP contribution is 2.64. The minimum Gasteiger partial charge on any atom is -0.356 e. The minimum absolute atomic E-state index is 0.0642. The molecule has 8 fully saturated rings. The third kappa shape index (κ3) is 2.68. The normalized spacial score (nSPS) is 56.1. The highest BCUT2D eigenvalue weighted by Gasteiger charge is 2.57. The Morgan fingerprint density at radius 1 is 0.769 bits per heavy atom. The summed E-state index contributed by atoms with van der Waals surface area (Å²) in [5, 5.41) is 3.43. The fourth-order valence-electron chi connectivity index (χ4n) is 9.74. The zero-order chi connectivity index (χ0) is 17.6. The summed E-state index contributed by atoms with van der Waals surface area (Å²) in [6.07, 6.45) is 16.9. The molecule has 2 nitrogen and oxygen atoms in total. The lowest BCUT2D eigenvalue weighted by Crippen LogP contribution is -2.57. The van der Waals surface area contributed by atoms with Crippen molar-refractivity contribution in [2.75, 3.05) is 6.54 Å². The van der Waals surface area contributed by atoms with Crippen LogP contribution < -0.4 is 5.32 Å². The Balaban J connectivity index is 1.11. The van der Waals surface area contributed by atoms with Gasteiger partial charge in [0, 0.05) is 17.8 Å². The maximum Gasteiger partial charge on any atom is 0.220 e. The Morgan fingerprint density at radius 2 is 1.27 bits per heavy atom. The molecule has 0 radical (unpaired) electrons. The maximum absolute atomic E-state index is 13.0. The van der Waals surface area contributed by atoms with Gasteiger partial charge in [0.25, 0.3) is 0 Å².